The molecule has 0 spiro atoms. The molecular weight excluding hydrogens is 344 g/mol. The molecule has 0 bridgehead atoms. The molecule has 1 fully saturated rings. The zero-order chi connectivity index (χ0) is 16.5. The summed E-state index contributed by atoms with van der Waals surface area (Å²) in [5.41, 5.74) is 2.16. The fraction of sp³-hybridized carbons (Fsp3) is 0.438. The van der Waals surface area contributed by atoms with Gasteiger partial charge in [0.1, 0.15) is 11.4 Å². The standard InChI is InChI=1S/C16H18N4O2S2/c1-2-13(16(21)19-4-6-22-7-5-19)24-15-12-9-14-11(3-8-23-14)20(12)10-17-18-15/h3,8-10,13H,2,4-7H2,1H3/t13-/m1/s1. The molecule has 0 saturated carbocycles. The number of thiophene rings is 1. The third-order valence-electron chi connectivity index (χ3n) is 4.22. The first kappa shape index (κ1) is 15.9. The molecule has 0 N–H and O–H groups in total. The lowest BCUT2D eigenvalue weighted by molar-refractivity contribution is -0.134. The number of thioether (sulfide) groups is 1. The quantitative estimate of drug-likeness (QED) is 0.668. The first-order valence-electron chi connectivity index (χ1n) is 8.01. The van der Waals surface area contributed by atoms with Gasteiger partial charge in [-0.3, -0.25) is 9.20 Å². The summed E-state index contributed by atoms with van der Waals surface area (Å²) in [4.78, 5) is 14.7. The van der Waals surface area contributed by atoms with Crippen molar-refractivity contribution in [1.82, 2.24) is 19.5 Å². The van der Waals surface area contributed by atoms with Crippen LogP contribution in [0.4, 0.5) is 0 Å². The number of morpholine rings is 1. The van der Waals surface area contributed by atoms with E-state index in [2.05, 4.69) is 27.7 Å². The molecule has 0 unspecified atom stereocenters. The van der Waals surface area contributed by atoms with Gasteiger partial charge in [0, 0.05) is 13.1 Å². The zero-order valence-electron chi connectivity index (χ0n) is 13.3. The van der Waals surface area contributed by atoms with Gasteiger partial charge >= 0.3 is 0 Å². The molecule has 1 aliphatic rings. The zero-order valence-corrected chi connectivity index (χ0v) is 15.0. The first-order valence-corrected chi connectivity index (χ1v) is 9.77. The highest BCUT2D eigenvalue weighted by atomic mass is 32.2. The molecule has 0 radical (unpaired) electrons. The second-order valence-electron chi connectivity index (χ2n) is 5.66. The van der Waals surface area contributed by atoms with Crippen LogP contribution in [0.25, 0.3) is 15.7 Å². The SMILES string of the molecule is CC[C@@H](Sc1nncn2c1cc1sccc12)C(=O)N1CCOCC1. The summed E-state index contributed by atoms with van der Waals surface area (Å²) in [5, 5.41) is 11.2. The van der Waals surface area contributed by atoms with Crippen molar-refractivity contribution in [3.8, 4) is 0 Å². The van der Waals surface area contributed by atoms with Gasteiger partial charge in [0.15, 0.2) is 0 Å². The first-order chi connectivity index (χ1) is 11.8. The maximum atomic E-state index is 12.8. The topological polar surface area (TPSA) is 59.7 Å². The predicted octanol–water partition coefficient (Wildman–Crippen LogP) is 2.67. The number of fused-ring (bicyclic) bond motifs is 3. The van der Waals surface area contributed by atoms with Crippen LogP contribution >= 0.6 is 23.1 Å². The predicted molar refractivity (Wildman–Crippen MR) is 95.7 cm³/mol. The minimum Gasteiger partial charge on any atom is -0.378 e. The molecule has 4 heterocycles. The molecular formula is C16H18N4O2S2. The molecule has 1 atom stereocenters. The van der Waals surface area contributed by atoms with Crippen LogP contribution in [0.2, 0.25) is 0 Å². The van der Waals surface area contributed by atoms with Crippen molar-refractivity contribution < 1.29 is 9.53 Å². The molecule has 3 aromatic rings. The Balaban J connectivity index is 1.62. The summed E-state index contributed by atoms with van der Waals surface area (Å²) in [6.45, 7) is 4.63. The summed E-state index contributed by atoms with van der Waals surface area (Å²) < 4.78 is 8.60. The van der Waals surface area contributed by atoms with Crippen molar-refractivity contribution in [1.29, 1.82) is 0 Å². The van der Waals surface area contributed by atoms with Crippen molar-refractivity contribution in [2.75, 3.05) is 26.3 Å². The Hall–Kier alpha value is -1.64. The van der Waals surface area contributed by atoms with Gasteiger partial charge in [-0.1, -0.05) is 18.7 Å². The van der Waals surface area contributed by atoms with Crippen LogP contribution in [-0.2, 0) is 9.53 Å². The van der Waals surface area contributed by atoms with E-state index in [4.69, 9.17) is 4.74 Å². The van der Waals surface area contributed by atoms with Gasteiger partial charge in [-0.2, -0.15) is 0 Å². The maximum Gasteiger partial charge on any atom is 0.236 e. The summed E-state index contributed by atoms with van der Waals surface area (Å²) in [5.74, 6) is 0.169. The Morgan fingerprint density at radius 1 is 1.42 bits per heavy atom. The van der Waals surface area contributed by atoms with Crippen molar-refractivity contribution in [2.45, 2.75) is 23.6 Å². The lowest BCUT2D eigenvalue weighted by Crippen LogP contribution is -2.44. The van der Waals surface area contributed by atoms with Crippen LogP contribution in [-0.4, -0.2) is 57.0 Å². The number of carbonyl (C=O) groups excluding carboxylic acids is 1. The van der Waals surface area contributed by atoms with Crippen LogP contribution in [0, 0.1) is 0 Å². The van der Waals surface area contributed by atoms with Crippen molar-refractivity contribution in [2.24, 2.45) is 0 Å². The molecule has 3 aromatic heterocycles. The van der Waals surface area contributed by atoms with Gasteiger partial charge < -0.3 is 9.64 Å². The van der Waals surface area contributed by atoms with Crippen LogP contribution in [0.5, 0.6) is 0 Å². The molecule has 0 aliphatic carbocycles. The normalized spacial score (nSPS) is 16.8. The van der Waals surface area contributed by atoms with Gasteiger partial charge in [0.05, 0.1) is 34.2 Å². The van der Waals surface area contributed by atoms with E-state index in [1.54, 1.807) is 17.7 Å². The number of ether oxygens (including phenoxy) is 1. The highest BCUT2D eigenvalue weighted by molar-refractivity contribution is 8.00. The Morgan fingerprint density at radius 2 is 2.25 bits per heavy atom. The monoisotopic (exact) mass is 362 g/mol. The van der Waals surface area contributed by atoms with E-state index in [1.165, 1.54) is 16.5 Å². The van der Waals surface area contributed by atoms with Crippen molar-refractivity contribution in [3.05, 3.63) is 23.8 Å². The number of nitrogens with zero attached hydrogens (tertiary/aromatic N) is 4. The van der Waals surface area contributed by atoms with Crippen molar-refractivity contribution in [3.63, 3.8) is 0 Å². The summed E-state index contributed by atoms with van der Waals surface area (Å²) in [7, 11) is 0. The molecule has 1 aliphatic heterocycles. The van der Waals surface area contributed by atoms with E-state index >= 15 is 0 Å². The molecule has 4 rings (SSSR count). The summed E-state index contributed by atoms with van der Waals surface area (Å²) >= 11 is 3.22. The fourth-order valence-electron chi connectivity index (χ4n) is 2.93. The lowest BCUT2D eigenvalue weighted by atomic mass is 10.2. The molecule has 24 heavy (non-hydrogen) atoms. The van der Waals surface area contributed by atoms with Crippen molar-refractivity contribution >= 4 is 44.7 Å². The van der Waals surface area contributed by atoms with Crippen LogP contribution < -0.4 is 0 Å². The number of hydrogen-bond donors (Lipinski definition) is 0. The number of aromatic nitrogens is 3. The second-order valence-corrected chi connectivity index (χ2v) is 7.80. The Labute approximate surface area is 147 Å². The van der Waals surface area contributed by atoms with Gasteiger partial charge in [-0.15, -0.1) is 21.5 Å². The fourth-order valence-corrected chi connectivity index (χ4v) is 4.80. The third kappa shape index (κ3) is 2.78. The summed E-state index contributed by atoms with van der Waals surface area (Å²) in [6.07, 6.45) is 2.50. The minimum atomic E-state index is -0.142. The second kappa shape index (κ2) is 6.70. The Kier molecular flexibility index (Phi) is 4.43. The van der Waals surface area contributed by atoms with Crippen LogP contribution in [0.1, 0.15) is 13.3 Å². The molecule has 1 amide bonds. The van der Waals surface area contributed by atoms with Gasteiger partial charge in [-0.05, 0) is 23.9 Å². The van der Waals surface area contributed by atoms with Gasteiger partial charge in [0.2, 0.25) is 5.91 Å². The van der Waals surface area contributed by atoms with E-state index in [0.717, 1.165) is 22.5 Å². The van der Waals surface area contributed by atoms with Gasteiger partial charge in [0.25, 0.3) is 0 Å². The minimum absolute atomic E-state index is 0.142. The highest BCUT2D eigenvalue weighted by Gasteiger charge is 2.26. The smallest absolute Gasteiger partial charge is 0.236 e. The maximum absolute atomic E-state index is 12.8. The highest BCUT2D eigenvalue weighted by Crippen LogP contribution is 2.33. The van der Waals surface area contributed by atoms with E-state index in [1.807, 2.05) is 16.2 Å². The Morgan fingerprint density at radius 3 is 3.04 bits per heavy atom. The Bertz CT molecular complexity index is 869. The van der Waals surface area contributed by atoms with Crippen LogP contribution in [0.15, 0.2) is 28.9 Å². The average Bonchev–Trinajstić information content (AvgIpc) is 3.21. The van der Waals surface area contributed by atoms with E-state index in [-0.39, 0.29) is 11.2 Å². The third-order valence-corrected chi connectivity index (χ3v) is 6.40. The molecule has 8 heteroatoms. The average molecular weight is 362 g/mol. The van der Waals surface area contributed by atoms with E-state index in [9.17, 15) is 4.79 Å². The molecule has 0 aromatic carbocycles. The lowest BCUT2D eigenvalue weighted by Gasteiger charge is -2.29. The molecule has 6 nitrogen and oxygen atoms in total. The molecule has 1 saturated heterocycles. The number of rotatable bonds is 4. The van der Waals surface area contributed by atoms with E-state index in [0.29, 0.717) is 26.3 Å². The number of hydrogen-bond acceptors (Lipinski definition) is 6. The summed E-state index contributed by atoms with van der Waals surface area (Å²) in [6, 6.07) is 4.21. The van der Waals surface area contributed by atoms with E-state index < -0.39 is 0 Å². The van der Waals surface area contributed by atoms with Gasteiger partial charge in [-0.25, -0.2) is 0 Å². The van der Waals surface area contributed by atoms with Crippen LogP contribution in [0.3, 0.4) is 0 Å². The number of carbonyl (C=O) groups is 1. The number of amides is 1. The largest absolute Gasteiger partial charge is 0.378 e. The molecule has 126 valence electrons.